The number of carbonyl (C=O) groups excluding carboxylic acids is 3. The third-order valence-corrected chi connectivity index (χ3v) is 6.37. The van der Waals surface area contributed by atoms with Gasteiger partial charge in [-0.15, -0.1) is 0 Å². The van der Waals surface area contributed by atoms with Gasteiger partial charge in [0.25, 0.3) is 11.8 Å². The number of ether oxygens (including phenoxy) is 1. The van der Waals surface area contributed by atoms with Crippen molar-refractivity contribution in [1.82, 2.24) is 20.4 Å². The van der Waals surface area contributed by atoms with Crippen molar-refractivity contribution in [1.29, 1.82) is 0 Å². The van der Waals surface area contributed by atoms with Gasteiger partial charge in [-0.1, -0.05) is 0 Å². The van der Waals surface area contributed by atoms with Crippen LogP contribution in [0.15, 0.2) is 28.9 Å². The maximum atomic E-state index is 14.7. The first kappa shape index (κ1) is 24.6. The summed E-state index contributed by atoms with van der Waals surface area (Å²) in [6, 6.07) is 3.62. The van der Waals surface area contributed by atoms with Gasteiger partial charge in [-0.2, -0.15) is 4.39 Å². The normalized spacial score (nSPS) is 17.7. The zero-order valence-corrected chi connectivity index (χ0v) is 19.0. The van der Waals surface area contributed by atoms with Gasteiger partial charge >= 0.3 is 0 Å². The standard InChI is InChI=1S/C23H25F3N4O5/c1-34-19-17(25)14(13-15(24)18(19)26)20(31)28-23(4-6-27-7-5-23)22(33)30-10-8-29(9-11-30)21(32)16-3-2-12-35-16/h2-3,12-13,27H,4-11H2,1H3,(H,28,31). The minimum atomic E-state index is -1.55. The van der Waals surface area contributed by atoms with Crippen molar-refractivity contribution in [2.24, 2.45) is 0 Å². The zero-order valence-electron chi connectivity index (χ0n) is 19.0. The first-order chi connectivity index (χ1) is 16.8. The van der Waals surface area contributed by atoms with Crippen LogP contribution in [-0.4, -0.2) is 79.4 Å². The minimum Gasteiger partial charge on any atom is -0.491 e. The van der Waals surface area contributed by atoms with Crippen molar-refractivity contribution < 1.29 is 36.7 Å². The zero-order chi connectivity index (χ0) is 25.2. The van der Waals surface area contributed by atoms with Crippen LogP contribution < -0.4 is 15.4 Å². The number of methoxy groups -OCH3 is 1. The molecular weight excluding hydrogens is 469 g/mol. The summed E-state index contributed by atoms with van der Waals surface area (Å²) in [5.74, 6) is -6.88. The van der Waals surface area contributed by atoms with E-state index in [-0.39, 0.29) is 56.6 Å². The molecule has 35 heavy (non-hydrogen) atoms. The molecule has 0 radical (unpaired) electrons. The van der Waals surface area contributed by atoms with E-state index in [0.717, 1.165) is 7.11 Å². The molecule has 12 heteroatoms. The number of amides is 3. The van der Waals surface area contributed by atoms with Crippen molar-refractivity contribution in [3.05, 3.63) is 53.2 Å². The summed E-state index contributed by atoms with van der Waals surface area (Å²) in [5, 5.41) is 5.70. The molecule has 4 rings (SSSR count). The van der Waals surface area contributed by atoms with Crippen molar-refractivity contribution in [3.8, 4) is 5.75 Å². The number of hydrogen-bond donors (Lipinski definition) is 2. The van der Waals surface area contributed by atoms with Crippen LogP contribution in [0.5, 0.6) is 5.75 Å². The Kier molecular flexibility index (Phi) is 7.01. The van der Waals surface area contributed by atoms with E-state index in [1.54, 1.807) is 21.9 Å². The Hall–Kier alpha value is -3.54. The second kappa shape index (κ2) is 9.98. The molecule has 2 aromatic rings. The average molecular weight is 494 g/mol. The topological polar surface area (TPSA) is 104 Å². The Morgan fingerprint density at radius 1 is 1.06 bits per heavy atom. The van der Waals surface area contributed by atoms with Crippen LogP contribution in [-0.2, 0) is 4.79 Å². The number of nitrogens with one attached hydrogen (secondary N) is 2. The number of benzene rings is 1. The van der Waals surface area contributed by atoms with Gasteiger partial charge in [-0.3, -0.25) is 14.4 Å². The highest BCUT2D eigenvalue weighted by Crippen LogP contribution is 2.29. The van der Waals surface area contributed by atoms with Crippen LogP contribution in [0.4, 0.5) is 13.2 Å². The summed E-state index contributed by atoms with van der Waals surface area (Å²) in [6.45, 7) is 1.80. The van der Waals surface area contributed by atoms with E-state index in [2.05, 4.69) is 15.4 Å². The highest BCUT2D eigenvalue weighted by Gasteiger charge is 2.45. The SMILES string of the molecule is COc1c(F)c(F)cc(C(=O)NC2(C(=O)N3CCN(C(=O)c4ccco4)CC3)CCNCC2)c1F. The van der Waals surface area contributed by atoms with Crippen LogP contribution in [0.25, 0.3) is 0 Å². The summed E-state index contributed by atoms with van der Waals surface area (Å²) in [6.07, 6.45) is 1.83. The molecule has 0 spiro atoms. The highest BCUT2D eigenvalue weighted by molar-refractivity contribution is 6.00. The van der Waals surface area contributed by atoms with E-state index < -0.39 is 40.2 Å². The largest absolute Gasteiger partial charge is 0.491 e. The molecule has 0 bridgehead atoms. The lowest BCUT2D eigenvalue weighted by atomic mass is 9.86. The maximum Gasteiger partial charge on any atom is 0.289 e. The fraction of sp³-hybridized carbons (Fsp3) is 0.435. The molecule has 0 aliphatic carbocycles. The van der Waals surface area contributed by atoms with Crippen molar-refractivity contribution in [3.63, 3.8) is 0 Å². The van der Waals surface area contributed by atoms with Gasteiger partial charge < -0.3 is 29.6 Å². The molecule has 9 nitrogen and oxygen atoms in total. The second-order valence-corrected chi connectivity index (χ2v) is 8.42. The van der Waals surface area contributed by atoms with Crippen LogP contribution in [0.2, 0.25) is 0 Å². The molecule has 2 fully saturated rings. The van der Waals surface area contributed by atoms with Crippen LogP contribution >= 0.6 is 0 Å². The molecule has 2 N–H and O–H groups in total. The number of halogens is 3. The number of carbonyl (C=O) groups is 3. The highest BCUT2D eigenvalue weighted by atomic mass is 19.2. The maximum absolute atomic E-state index is 14.7. The first-order valence-corrected chi connectivity index (χ1v) is 11.1. The lowest BCUT2D eigenvalue weighted by molar-refractivity contribution is -0.140. The van der Waals surface area contributed by atoms with E-state index in [4.69, 9.17) is 4.42 Å². The van der Waals surface area contributed by atoms with Gasteiger partial charge in [0.15, 0.2) is 23.1 Å². The average Bonchev–Trinajstić information content (AvgIpc) is 3.41. The molecule has 0 saturated carbocycles. The lowest BCUT2D eigenvalue weighted by Gasteiger charge is -2.43. The van der Waals surface area contributed by atoms with Gasteiger partial charge in [0.05, 0.1) is 18.9 Å². The van der Waals surface area contributed by atoms with Gasteiger partial charge in [-0.25, -0.2) is 8.78 Å². The van der Waals surface area contributed by atoms with Gasteiger partial charge in [-0.05, 0) is 44.1 Å². The van der Waals surface area contributed by atoms with E-state index >= 15 is 0 Å². The molecule has 3 amide bonds. The van der Waals surface area contributed by atoms with Crippen LogP contribution in [0.3, 0.4) is 0 Å². The van der Waals surface area contributed by atoms with Crippen molar-refractivity contribution in [2.75, 3.05) is 46.4 Å². The third-order valence-electron chi connectivity index (χ3n) is 6.37. The smallest absolute Gasteiger partial charge is 0.289 e. The quantitative estimate of drug-likeness (QED) is 0.612. The number of nitrogens with zero attached hydrogens (tertiary/aromatic N) is 2. The van der Waals surface area contributed by atoms with Crippen molar-refractivity contribution >= 4 is 17.7 Å². The number of furan rings is 1. The van der Waals surface area contributed by atoms with Gasteiger partial charge in [0, 0.05) is 26.2 Å². The second-order valence-electron chi connectivity index (χ2n) is 8.42. The van der Waals surface area contributed by atoms with Gasteiger partial charge in [0.2, 0.25) is 11.7 Å². The van der Waals surface area contributed by atoms with E-state index in [0.29, 0.717) is 19.2 Å². The summed E-state index contributed by atoms with van der Waals surface area (Å²) < 4.78 is 52.2. The number of rotatable bonds is 5. The molecule has 0 atom stereocenters. The van der Waals surface area contributed by atoms with Crippen LogP contribution in [0.1, 0.15) is 33.8 Å². The Morgan fingerprint density at radius 3 is 2.31 bits per heavy atom. The van der Waals surface area contributed by atoms with E-state index in [9.17, 15) is 27.6 Å². The summed E-state index contributed by atoms with van der Waals surface area (Å²) in [7, 11) is 0.955. The number of piperidine rings is 1. The molecule has 3 heterocycles. The Balaban J connectivity index is 1.51. The van der Waals surface area contributed by atoms with Gasteiger partial charge in [0.1, 0.15) is 5.54 Å². The number of hydrogen-bond acceptors (Lipinski definition) is 6. The monoisotopic (exact) mass is 494 g/mol. The van der Waals surface area contributed by atoms with E-state index in [1.807, 2.05) is 0 Å². The molecule has 2 aliphatic rings. The van der Waals surface area contributed by atoms with Crippen molar-refractivity contribution in [2.45, 2.75) is 18.4 Å². The fourth-order valence-electron chi connectivity index (χ4n) is 4.43. The minimum absolute atomic E-state index is 0.204. The molecule has 2 saturated heterocycles. The third kappa shape index (κ3) is 4.70. The molecule has 2 aliphatic heterocycles. The first-order valence-electron chi connectivity index (χ1n) is 11.1. The molecule has 0 unspecified atom stereocenters. The fourth-order valence-corrected chi connectivity index (χ4v) is 4.43. The molecular formula is C23H25F3N4O5. The number of piperazine rings is 1. The molecule has 1 aromatic heterocycles. The summed E-state index contributed by atoms with van der Waals surface area (Å²) in [4.78, 5) is 42.2. The molecule has 188 valence electrons. The van der Waals surface area contributed by atoms with E-state index in [1.165, 1.54) is 6.26 Å². The summed E-state index contributed by atoms with van der Waals surface area (Å²) in [5.41, 5.74) is -2.14. The predicted octanol–water partition coefficient (Wildman–Crippen LogP) is 1.54. The Bertz CT molecular complexity index is 1110. The Labute approximate surface area is 199 Å². The summed E-state index contributed by atoms with van der Waals surface area (Å²) >= 11 is 0. The lowest BCUT2D eigenvalue weighted by Crippen LogP contribution is -2.65. The predicted molar refractivity (Wildman–Crippen MR) is 116 cm³/mol. The molecule has 1 aromatic carbocycles. The Morgan fingerprint density at radius 2 is 1.71 bits per heavy atom. The van der Waals surface area contributed by atoms with Crippen LogP contribution in [0, 0.1) is 17.5 Å².